The summed E-state index contributed by atoms with van der Waals surface area (Å²) >= 11 is 0. The molecule has 0 heterocycles. The fraction of sp³-hybridized carbons (Fsp3) is 0.364. The number of ketones is 2. The maximum atomic E-state index is 12.7. The molecule has 0 spiro atoms. The summed E-state index contributed by atoms with van der Waals surface area (Å²) in [5, 5.41) is 0. The number of carbonyl (C=O) groups is 2. The van der Waals surface area contributed by atoms with E-state index in [1.54, 1.807) is 6.92 Å². The van der Waals surface area contributed by atoms with Crippen LogP contribution in [0.15, 0.2) is 42.5 Å². The highest BCUT2D eigenvalue weighted by Crippen LogP contribution is 2.41. The Kier molecular flexibility index (Phi) is 5.22. The van der Waals surface area contributed by atoms with Gasteiger partial charge < -0.3 is 0 Å². The van der Waals surface area contributed by atoms with Crippen LogP contribution in [0.1, 0.15) is 70.0 Å². The summed E-state index contributed by atoms with van der Waals surface area (Å²) in [6.45, 7) is 3.24. The molecule has 0 amide bonds. The number of halogens is 3. The Balaban J connectivity index is 1.80. The molecule has 1 atom stereocenters. The van der Waals surface area contributed by atoms with E-state index in [2.05, 4.69) is 0 Å². The fourth-order valence-corrected chi connectivity index (χ4v) is 3.33. The van der Waals surface area contributed by atoms with E-state index in [4.69, 9.17) is 0 Å². The predicted molar refractivity (Wildman–Crippen MR) is 97.1 cm³/mol. The van der Waals surface area contributed by atoms with Crippen molar-refractivity contribution in [2.24, 2.45) is 5.92 Å². The summed E-state index contributed by atoms with van der Waals surface area (Å²) in [6, 6.07) is 10.1. The highest BCUT2D eigenvalue weighted by Gasteiger charge is 2.30. The second-order valence-corrected chi connectivity index (χ2v) is 7.29. The van der Waals surface area contributed by atoms with Gasteiger partial charge in [0.05, 0.1) is 5.56 Å². The van der Waals surface area contributed by atoms with Crippen molar-refractivity contribution >= 4 is 11.6 Å². The third kappa shape index (κ3) is 4.46. The fourth-order valence-electron chi connectivity index (χ4n) is 3.33. The molecule has 0 aliphatic heterocycles. The van der Waals surface area contributed by atoms with Crippen molar-refractivity contribution in [1.29, 1.82) is 0 Å². The number of Topliss-reactive ketones (excluding diaryl/α,β-unsaturated/α-hetero) is 2. The summed E-state index contributed by atoms with van der Waals surface area (Å²) in [5.74, 6) is -0.184. The Labute approximate surface area is 156 Å². The van der Waals surface area contributed by atoms with Gasteiger partial charge in [-0.25, -0.2) is 0 Å². The van der Waals surface area contributed by atoms with E-state index in [-0.39, 0.29) is 17.1 Å². The normalized spacial score (nSPS) is 15.4. The Morgan fingerprint density at radius 1 is 1.07 bits per heavy atom. The summed E-state index contributed by atoms with van der Waals surface area (Å²) < 4.78 is 38.0. The third-order valence-electron chi connectivity index (χ3n) is 5.03. The molecule has 2 nitrogen and oxygen atoms in total. The molecule has 5 heteroatoms. The van der Waals surface area contributed by atoms with Crippen molar-refractivity contribution in [3.8, 4) is 0 Å². The van der Waals surface area contributed by atoms with E-state index in [1.165, 1.54) is 24.6 Å². The molecule has 0 aromatic heterocycles. The third-order valence-corrected chi connectivity index (χ3v) is 5.03. The molecule has 142 valence electrons. The number of hydrogen-bond acceptors (Lipinski definition) is 2. The molecule has 1 aliphatic rings. The number of hydrogen-bond donors (Lipinski definition) is 0. The zero-order chi connectivity index (χ0) is 19.8. The molecule has 1 unspecified atom stereocenters. The number of rotatable bonds is 6. The molecule has 1 aliphatic carbocycles. The van der Waals surface area contributed by atoms with Crippen molar-refractivity contribution < 1.29 is 22.8 Å². The van der Waals surface area contributed by atoms with Crippen LogP contribution >= 0.6 is 0 Å². The number of benzene rings is 2. The average molecular weight is 374 g/mol. The van der Waals surface area contributed by atoms with Crippen molar-refractivity contribution in [3.05, 3.63) is 70.3 Å². The van der Waals surface area contributed by atoms with Crippen LogP contribution in [0.25, 0.3) is 0 Å². The van der Waals surface area contributed by atoms with Crippen molar-refractivity contribution in [1.82, 2.24) is 0 Å². The Bertz CT molecular complexity index is 862. The monoisotopic (exact) mass is 374 g/mol. The lowest BCUT2D eigenvalue weighted by Crippen LogP contribution is -2.16. The van der Waals surface area contributed by atoms with E-state index in [0.717, 1.165) is 30.5 Å². The van der Waals surface area contributed by atoms with Gasteiger partial charge >= 0.3 is 6.18 Å². The van der Waals surface area contributed by atoms with E-state index < -0.39 is 17.7 Å². The number of alkyl halides is 3. The van der Waals surface area contributed by atoms with Gasteiger partial charge in [-0.1, -0.05) is 37.3 Å². The highest BCUT2D eigenvalue weighted by molar-refractivity contribution is 5.99. The minimum atomic E-state index is -4.42. The standard InChI is InChI=1S/C22H21F3O2/c1-13(21(27)16-5-8-19(9-6-16)22(23,24)25)11-18-12-17(15-3-4-15)7-10-20(18)14(2)26/h5-10,12-13,15H,3-4,11H2,1-2H3. The van der Waals surface area contributed by atoms with Crippen LogP contribution < -0.4 is 0 Å². The Morgan fingerprint density at radius 2 is 1.70 bits per heavy atom. The maximum Gasteiger partial charge on any atom is 0.416 e. The molecule has 2 aromatic carbocycles. The average Bonchev–Trinajstić information content (AvgIpc) is 3.45. The Morgan fingerprint density at radius 3 is 2.22 bits per heavy atom. The minimum absolute atomic E-state index is 0.0541. The van der Waals surface area contributed by atoms with Gasteiger partial charge in [0, 0.05) is 17.0 Å². The summed E-state index contributed by atoms with van der Waals surface area (Å²) in [7, 11) is 0. The minimum Gasteiger partial charge on any atom is -0.295 e. The lowest BCUT2D eigenvalue weighted by Gasteiger charge is -2.15. The van der Waals surface area contributed by atoms with Gasteiger partial charge in [-0.15, -0.1) is 0 Å². The van der Waals surface area contributed by atoms with Crippen LogP contribution in [0, 0.1) is 5.92 Å². The molecule has 0 N–H and O–H groups in total. The SMILES string of the molecule is CC(=O)c1ccc(C2CC2)cc1CC(C)C(=O)c1ccc(C(F)(F)F)cc1. The zero-order valence-electron chi connectivity index (χ0n) is 15.3. The summed E-state index contributed by atoms with van der Waals surface area (Å²) in [4.78, 5) is 24.6. The van der Waals surface area contributed by atoms with Crippen LogP contribution in [0.4, 0.5) is 13.2 Å². The molecule has 1 saturated carbocycles. The summed E-state index contributed by atoms with van der Waals surface area (Å²) in [6.07, 6.45) is -1.76. The van der Waals surface area contributed by atoms with Gasteiger partial charge in [0.1, 0.15) is 0 Å². The molecule has 1 fully saturated rings. The van der Waals surface area contributed by atoms with Gasteiger partial charge in [0.25, 0.3) is 0 Å². The quantitative estimate of drug-likeness (QED) is 0.595. The van der Waals surface area contributed by atoms with Crippen molar-refractivity contribution in [2.75, 3.05) is 0 Å². The first-order chi connectivity index (χ1) is 12.7. The van der Waals surface area contributed by atoms with E-state index >= 15 is 0 Å². The van der Waals surface area contributed by atoms with Crippen LogP contribution in [-0.2, 0) is 12.6 Å². The second kappa shape index (κ2) is 7.29. The van der Waals surface area contributed by atoms with Gasteiger partial charge in [0.15, 0.2) is 11.6 Å². The van der Waals surface area contributed by atoms with Crippen LogP contribution in [-0.4, -0.2) is 11.6 Å². The zero-order valence-corrected chi connectivity index (χ0v) is 15.3. The van der Waals surface area contributed by atoms with E-state index in [1.807, 2.05) is 18.2 Å². The molecule has 3 rings (SSSR count). The van der Waals surface area contributed by atoms with E-state index in [9.17, 15) is 22.8 Å². The lowest BCUT2D eigenvalue weighted by molar-refractivity contribution is -0.137. The molecule has 0 bridgehead atoms. The van der Waals surface area contributed by atoms with Crippen molar-refractivity contribution in [3.63, 3.8) is 0 Å². The first-order valence-electron chi connectivity index (χ1n) is 9.02. The summed E-state index contributed by atoms with van der Waals surface area (Å²) in [5.41, 5.74) is 2.09. The predicted octanol–water partition coefficient (Wildman–Crippen LogP) is 5.85. The molecular formula is C22H21F3O2. The van der Waals surface area contributed by atoms with Crippen LogP contribution in [0.2, 0.25) is 0 Å². The maximum absolute atomic E-state index is 12.7. The van der Waals surface area contributed by atoms with Gasteiger partial charge in [-0.3, -0.25) is 9.59 Å². The molecule has 2 aromatic rings. The Hall–Kier alpha value is -2.43. The topological polar surface area (TPSA) is 34.1 Å². The number of carbonyl (C=O) groups excluding carboxylic acids is 2. The van der Waals surface area contributed by atoms with E-state index in [0.29, 0.717) is 17.9 Å². The van der Waals surface area contributed by atoms with Crippen LogP contribution in [0.5, 0.6) is 0 Å². The highest BCUT2D eigenvalue weighted by atomic mass is 19.4. The first kappa shape index (κ1) is 19.3. The van der Waals surface area contributed by atoms with Gasteiger partial charge in [0.2, 0.25) is 0 Å². The largest absolute Gasteiger partial charge is 0.416 e. The molecule has 0 saturated heterocycles. The van der Waals surface area contributed by atoms with Crippen LogP contribution in [0.3, 0.4) is 0 Å². The van der Waals surface area contributed by atoms with Crippen molar-refractivity contribution in [2.45, 2.75) is 45.2 Å². The first-order valence-corrected chi connectivity index (χ1v) is 9.02. The molecule has 0 radical (unpaired) electrons. The molecule has 27 heavy (non-hydrogen) atoms. The smallest absolute Gasteiger partial charge is 0.295 e. The van der Waals surface area contributed by atoms with Gasteiger partial charge in [-0.2, -0.15) is 13.2 Å². The second-order valence-electron chi connectivity index (χ2n) is 7.29. The molecular weight excluding hydrogens is 353 g/mol. The van der Waals surface area contributed by atoms with Gasteiger partial charge in [-0.05, 0) is 55.4 Å². The lowest BCUT2D eigenvalue weighted by atomic mass is 9.88.